The molecule has 4 nitrogen and oxygen atoms in total. The molecule has 3 N–H and O–H groups in total. The SMILES string of the molecule is NC1(CNc2nc3ccccc3o2)CCC1. The molecule has 4 heteroatoms. The largest absolute Gasteiger partial charge is 0.424 e. The van der Waals surface area contributed by atoms with Crippen LogP contribution in [0, 0.1) is 0 Å². The van der Waals surface area contributed by atoms with E-state index in [1.165, 1.54) is 6.42 Å². The molecule has 0 radical (unpaired) electrons. The first-order chi connectivity index (χ1) is 7.75. The number of anilines is 1. The minimum atomic E-state index is -0.0549. The highest BCUT2D eigenvalue weighted by Crippen LogP contribution is 2.29. The standard InChI is InChI=1S/C12H15N3O/c13-12(6-3-7-12)8-14-11-15-9-4-1-2-5-10(9)16-11/h1-2,4-5H,3,6-8,13H2,(H,14,15). The quantitative estimate of drug-likeness (QED) is 0.826. The summed E-state index contributed by atoms with van der Waals surface area (Å²) in [4.78, 5) is 4.34. The number of nitrogens with one attached hydrogen (secondary N) is 1. The van der Waals surface area contributed by atoms with Gasteiger partial charge >= 0.3 is 0 Å². The van der Waals surface area contributed by atoms with Gasteiger partial charge in [-0.2, -0.15) is 4.98 Å². The lowest BCUT2D eigenvalue weighted by atomic mass is 9.78. The van der Waals surface area contributed by atoms with E-state index < -0.39 is 0 Å². The Balaban J connectivity index is 1.74. The van der Waals surface area contributed by atoms with Crippen LogP contribution < -0.4 is 11.1 Å². The molecule has 1 aromatic carbocycles. The highest BCUT2D eigenvalue weighted by Gasteiger charge is 2.32. The summed E-state index contributed by atoms with van der Waals surface area (Å²) in [6, 6.07) is 8.30. The van der Waals surface area contributed by atoms with Crippen LogP contribution in [0.3, 0.4) is 0 Å². The average molecular weight is 217 g/mol. The Morgan fingerprint density at radius 2 is 2.19 bits per heavy atom. The smallest absolute Gasteiger partial charge is 0.295 e. The Hall–Kier alpha value is -1.55. The maximum absolute atomic E-state index is 6.11. The number of fused-ring (bicyclic) bond motifs is 1. The fourth-order valence-corrected chi connectivity index (χ4v) is 2.01. The molecular weight excluding hydrogens is 202 g/mol. The second kappa shape index (κ2) is 3.49. The number of nitrogens with zero attached hydrogens (tertiary/aromatic N) is 1. The van der Waals surface area contributed by atoms with Crippen LogP contribution in [0.2, 0.25) is 0 Å². The molecule has 0 unspecified atom stereocenters. The van der Waals surface area contributed by atoms with Crippen molar-refractivity contribution in [2.24, 2.45) is 5.73 Å². The van der Waals surface area contributed by atoms with Crippen LogP contribution in [0.4, 0.5) is 6.01 Å². The Morgan fingerprint density at radius 1 is 1.38 bits per heavy atom. The summed E-state index contributed by atoms with van der Waals surface area (Å²) in [6.45, 7) is 0.736. The van der Waals surface area contributed by atoms with Crippen molar-refractivity contribution < 1.29 is 4.42 Å². The van der Waals surface area contributed by atoms with Gasteiger partial charge in [0.2, 0.25) is 0 Å². The Morgan fingerprint density at radius 3 is 2.88 bits per heavy atom. The summed E-state index contributed by atoms with van der Waals surface area (Å²) >= 11 is 0. The lowest BCUT2D eigenvalue weighted by Gasteiger charge is -2.37. The van der Waals surface area contributed by atoms with Crippen molar-refractivity contribution >= 4 is 17.1 Å². The van der Waals surface area contributed by atoms with E-state index in [4.69, 9.17) is 10.2 Å². The van der Waals surface area contributed by atoms with Gasteiger partial charge in [-0.15, -0.1) is 0 Å². The van der Waals surface area contributed by atoms with Crippen molar-refractivity contribution in [1.29, 1.82) is 0 Å². The van der Waals surface area contributed by atoms with Crippen molar-refractivity contribution in [3.05, 3.63) is 24.3 Å². The number of para-hydroxylation sites is 2. The van der Waals surface area contributed by atoms with Crippen molar-refractivity contribution in [1.82, 2.24) is 4.98 Å². The van der Waals surface area contributed by atoms with Crippen molar-refractivity contribution in [3.8, 4) is 0 Å². The number of nitrogens with two attached hydrogens (primary N) is 1. The number of aromatic nitrogens is 1. The summed E-state index contributed by atoms with van der Waals surface area (Å²) in [5, 5.41) is 3.17. The van der Waals surface area contributed by atoms with Crippen LogP contribution >= 0.6 is 0 Å². The average Bonchev–Trinajstić information content (AvgIpc) is 2.66. The van der Waals surface area contributed by atoms with Crippen LogP contribution in [0.5, 0.6) is 0 Å². The van der Waals surface area contributed by atoms with E-state index in [2.05, 4.69) is 10.3 Å². The molecular formula is C12H15N3O. The van der Waals surface area contributed by atoms with Crippen LogP contribution in [0.15, 0.2) is 28.7 Å². The van der Waals surface area contributed by atoms with Gasteiger partial charge in [0.05, 0.1) is 0 Å². The van der Waals surface area contributed by atoms with Gasteiger partial charge in [0, 0.05) is 12.1 Å². The van der Waals surface area contributed by atoms with Crippen LogP contribution in [-0.4, -0.2) is 17.1 Å². The molecule has 1 aromatic heterocycles. The summed E-state index contributed by atoms with van der Waals surface area (Å²) in [7, 11) is 0. The zero-order valence-corrected chi connectivity index (χ0v) is 9.07. The van der Waals surface area contributed by atoms with Gasteiger partial charge in [-0.3, -0.25) is 0 Å². The molecule has 1 aliphatic carbocycles. The van der Waals surface area contributed by atoms with Crippen LogP contribution in [-0.2, 0) is 0 Å². The summed E-state index contributed by atoms with van der Waals surface area (Å²) < 4.78 is 5.55. The van der Waals surface area contributed by atoms with Gasteiger partial charge in [0.25, 0.3) is 6.01 Å². The van der Waals surface area contributed by atoms with Crippen LogP contribution in [0.25, 0.3) is 11.1 Å². The minimum Gasteiger partial charge on any atom is -0.424 e. The highest BCUT2D eigenvalue weighted by atomic mass is 16.4. The number of benzene rings is 1. The van der Waals surface area contributed by atoms with Gasteiger partial charge in [-0.05, 0) is 31.4 Å². The van der Waals surface area contributed by atoms with E-state index in [-0.39, 0.29) is 5.54 Å². The summed E-state index contributed by atoms with van der Waals surface area (Å²) in [5.41, 5.74) is 7.75. The van der Waals surface area contributed by atoms with E-state index >= 15 is 0 Å². The normalized spacial score (nSPS) is 18.3. The van der Waals surface area contributed by atoms with E-state index in [9.17, 15) is 0 Å². The van der Waals surface area contributed by atoms with E-state index in [1.54, 1.807) is 0 Å². The molecule has 0 aliphatic heterocycles. The molecule has 0 bridgehead atoms. The number of oxazole rings is 1. The molecule has 0 saturated heterocycles. The highest BCUT2D eigenvalue weighted by molar-refractivity contribution is 5.74. The van der Waals surface area contributed by atoms with Gasteiger partial charge in [-0.1, -0.05) is 12.1 Å². The molecule has 0 amide bonds. The molecule has 3 rings (SSSR count). The zero-order chi connectivity index (χ0) is 11.0. The maximum atomic E-state index is 6.11. The van der Waals surface area contributed by atoms with Crippen molar-refractivity contribution in [2.75, 3.05) is 11.9 Å². The fraction of sp³-hybridized carbons (Fsp3) is 0.417. The second-order valence-corrected chi connectivity index (χ2v) is 4.56. The molecule has 1 saturated carbocycles. The summed E-state index contributed by atoms with van der Waals surface area (Å²) in [6.07, 6.45) is 3.40. The van der Waals surface area contributed by atoms with E-state index in [1.807, 2.05) is 24.3 Å². The third-order valence-corrected chi connectivity index (χ3v) is 3.23. The minimum absolute atomic E-state index is 0.0549. The van der Waals surface area contributed by atoms with Gasteiger partial charge < -0.3 is 15.5 Å². The molecule has 2 aromatic rings. The third-order valence-electron chi connectivity index (χ3n) is 3.23. The second-order valence-electron chi connectivity index (χ2n) is 4.56. The first-order valence-corrected chi connectivity index (χ1v) is 5.64. The molecule has 0 atom stereocenters. The lowest BCUT2D eigenvalue weighted by Crippen LogP contribution is -2.52. The number of hydrogen-bond donors (Lipinski definition) is 2. The molecule has 84 valence electrons. The monoisotopic (exact) mass is 217 g/mol. The molecule has 0 spiro atoms. The fourth-order valence-electron chi connectivity index (χ4n) is 2.01. The zero-order valence-electron chi connectivity index (χ0n) is 9.07. The number of hydrogen-bond acceptors (Lipinski definition) is 4. The first kappa shape index (κ1) is 9.66. The molecule has 1 heterocycles. The number of rotatable bonds is 3. The predicted octanol–water partition coefficient (Wildman–Crippen LogP) is 2.12. The Labute approximate surface area is 93.8 Å². The summed E-state index contributed by atoms with van der Waals surface area (Å²) in [5.74, 6) is 0. The van der Waals surface area contributed by atoms with E-state index in [0.29, 0.717) is 6.01 Å². The molecule has 1 fully saturated rings. The third kappa shape index (κ3) is 1.65. The van der Waals surface area contributed by atoms with Gasteiger partial charge in [0.1, 0.15) is 5.52 Å². The van der Waals surface area contributed by atoms with Gasteiger partial charge in [0.15, 0.2) is 5.58 Å². The molecule has 16 heavy (non-hydrogen) atoms. The Bertz CT molecular complexity index is 469. The van der Waals surface area contributed by atoms with E-state index in [0.717, 1.165) is 30.5 Å². The lowest BCUT2D eigenvalue weighted by molar-refractivity contribution is 0.264. The Kier molecular flexibility index (Phi) is 2.11. The molecule has 1 aliphatic rings. The van der Waals surface area contributed by atoms with Gasteiger partial charge in [-0.25, -0.2) is 0 Å². The topological polar surface area (TPSA) is 64.1 Å². The maximum Gasteiger partial charge on any atom is 0.295 e. The predicted molar refractivity (Wildman–Crippen MR) is 63.3 cm³/mol. The first-order valence-electron chi connectivity index (χ1n) is 5.64. The van der Waals surface area contributed by atoms with Crippen LogP contribution in [0.1, 0.15) is 19.3 Å². The van der Waals surface area contributed by atoms with Crippen molar-refractivity contribution in [3.63, 3.8) is 0 Å². The van der Waals surface area contributed by atoms with Crippen molar-refractivity contribution in [2.45, 2.75) is 24.8 Å².